The Kier molecular flexibility index (Phi) is 3.27. The van der Waals surface area contributed by atoms with E-state index in [4.69, 9.17) is 10.5 Å². The zero-order chi connectivity index (χ0) is 14.5. The summed E-state index contributed by atoms with van der Waals surface area (Å²) in [7, 11) is 0. The van der Waals surface area contributed by atoms with Crippen molar-refractivity contribution in [3.05, 3.63) is 0 Å². The molecule has 2 bridgehead atoms. The van der Waals surface area contributed by atoms with Crippen molar-refractivity contribution in [3.8, 4) is 0 Å². The molecule has 2 saturated carbocycles. The zero-order valence-electron chi connectivity index (χ0n) is 13.0. The van der Waals surface area contributed by atoms with E-state index in [-0.39, 0.29) is 11.6 Å². The van der Waals surface area contributed by atoms with Crippen LogP contribution in [-0.4, -0.2) is 34.7 Å². The quantitative estimate of drug-likeness (QED) is 0.803. The highest BCUT2D eigenvalue weighted by molar-refractivity contribution is 5.70. The van der Waals surface area contributed by atoms with E-state index in [1.54, 1.807) is 0 Å². The molecular weight excluding hydrogens is 252 g/mol. The predicted molar refractivity (Wildman–Crippen MR) is 78.3 cm³/mol. The highest BCUT2D eigenvalue weighted by Gasteiger charge is 2.60. The summed E-state index contributed by atoms with van der Waals surface area (Å²) in [5.74, 6) is 1.12. The Bertz CT molecular complexity index is 396. The molecule has 4 aliphatic rings. The van der Waals surface area contributed by atoms with Crippen LogP contribution in [0.2, 0.25) is 0 Å². The topological polar surface area (TPSA) is 55.6 Å². The summed E-state index contributed by atoms with van der Waals surface area (Å²) < 4.78 is 5.53. The number of amides is 1. The van der Waals surface area contributed by atoms with Crippen LogP contribution in [0.15, 0.2) is 0 Å². The van der Waals surface area contributed by atoms with E-state index in [1.807, 2.05) is 25.7 Å². The van der Waals surface area contributed by atoms with Crippen molar-refractivity contribution in [2.75, 3.05) is 6.54 Å². The minimum atomic E-state index is -0.412. The number of ether oxygens (including phenoxy) is 1. The number of nitrogens with zero attached hydrogens (tertiary/aromatic N) is 1. The molecule has 2 aliphatic carbocycles. The molecule has 20 heavy (non-hydrogen) atoms. The van der Waals surface area contributed by atoms with Crippen molar-refractivity contribution in [1.82, 2.24) is 4.90 Å². The maximum absolute atomic E-state index is 12.3. The second kappa shape index (κ2) is 4.62. The van der Waals surface area contributed by atoms with Crippen LogP contribution in [-0.2, 0) is 4.74 Å². The van der Waals surface area contributed by atoms with E-state index in [9.17, 15) is 4.79 Å². The lowest BCUT2D eigenvalue weighted by atomic mass is 9.59. The molecule has 0 aromatic heterocycles. The van der Waals surface area contributed by atoms with Gasteiger partial charge in [-0.1, -0.05) is 19.3 Å². The lowest BCUT2D eigenvalue weighted by Crippen LogP contribution is -2.60. The van der Waals surface area contributed by atoms with Gasteiger partial charge in [0.25, 0.3) is 0 Å². The van der Waals surface area contributed by atoms with Crippen LogP contribution >= 0.6 is 0 Å². The van der Waals surface area contributed by atoms with Gasteiger partial charge in [0, 0.05) is 24.0 Å². The Labute approximate surface area is 122 Å². The first-order valence-electron chi connectivity index (χ1n) is 8.09. The van der Waals surface area contributed by atoms with E-state index >= 15 is 0 Å². The predicted octanol–water partition coefficient (Wildman–Crippen LogP) is 2.90. The molecule has 114 valence electrons. The summed E-state index contributed by atoms with van der Waals surface area (Å²) in [6.45, 7) is 6.63. The highest BCUT2D eigenvalue weighted by atomic mass is 16.6. The average molecular weight is 280 g/mol. The lowest BCUT2D eigenvalue weighted by molar-refractivity contribution is 0.00844. The largest absolute Gasteiger partial charge is 0.444 e. The van der Waals surface area contributed by atoms with Gasteiger partial charge in [-0.05, 0) is 46.0 Å². The maximum atomic E-state index is 12.3. The summed E-state index contributed by atoms with van der Waals surface area (Å²) in [6.07, 6.45) is 7.06. The molecule has 0 aromatic carbocycles. The van der Waals surface area contributed by atoms with Crippen LogP contribution in [0, 0.1) is 11.8 Å². The van der Waals surface area contributed by atoms with E-state index < -0.39 is 5.60 Å². The fraction of sp³-hybridized carbons (Fsp3) is 0.938. The SMILES string of the molecule is CC(C)(C)OC(=O)N1C[C@@H]2C[C@H]1C2C1(N)CCCCC1. The van der Waals surface area contributed by atoms with E-state index in [0.717, 1.165) is 25.8 Å². The maximum Gasteiger partial charge on any atom is 0.410 e. The molecule has 2 saturated heterocycles. The van der Waals surface area contributed by atoms with Gasteiger partial charge >= 0.3 is 6.09 Å². The molecular formula is C16H28N2O2. The van der Waals surface area contributed by atoms with Gasteiger partial charge in [0.05, 0.1) is 0 Å². The van der Waals surface area contributed by atoms with E-state index in [0.29, 0.717) is 17.9 Å². The van der Waals surface area contributed by atoms with Gasteiger partial charge in [-0.15, -0.1) is 0 Å². The monoisotopic (exact) mass is 280 g/mol. The molecule has 4 rings (SSSR count). The first-order chi connectivity index (χ1) is 9.30. The Morgan fingerprint density at radius 2 is 1.90 bits per heavy atom. The van der Waals surface area contributed by atoms with Gasteiger partial charge in [0.1, 0.15) is 5.60 Å². The summed E-state index contributed by atoms with van der Waals surface area (Å²) in [5, 5.41) is 0. The molecule has 4 nitrogen and oxygen atoms in total. The average Bonchev–Trinajstić information content (AvgIpc) is 2.85. The van der Waals surface area contributed by atoms with Crippen LogP contribution in [0.25, 0.3) is 0 Å². The summed E-state index contributed by atoms with van der Waals surface area (Å²) in [4.78, 5) is 14.2. The first kappa shape index (κ1) is 14.2. The van der Waals surface area contributed by atoms with Gasteiger partial charge < -0.3 is 15.4 Å². The first-order valence-corrected chi connectivity index (χ1v) is 8.09. The Balaban J connectivity index is 1.67. The van der Waals surface area contributed by atoms with Crippen LogP contribution in [0.3, 0.4) is 0 Å². The highest BCUT2D eigenvalue weighted by Crippen LogP contribution is 2.54. The van der Waals surface area contributed by atoms with Gasteiger partial charge in [-0.2, -0.15) is 0 Å². The van der Waals surface area contributed by atoms with Crippen molar-refractivity contribution >= 4 is 6.09 Å². The normalized spacial score (nSPS) is 35.6. The fourth-order valence-corrected chi connectivity index (χ4v) is 4.55. The molecule has 0 radical (unpaired) electrons. The second-order valence-electron chi connectivity index (χ2n) is 8.02. The number of carbonyl (C=O) groups excluding carboxylic acids is 1. The summed E-state index contributed by atoms with van der Waals surface area (Å²) >= 11 is 0. The van der Waals surface area contributed by atoms with Crippen LogP contribution in [0.4, 0.5) is 4.79 Å². The second-order valence-corrected chi connectivity index (χ2v) is 8.02. The standard InChI is InChI=1S/C16H28N2O2/c1-15(2,3)20-14(19)18-10-11-9-12(18)13(11)16(17)7-5-4-6-8-16/h11-13H,4-10,17H2,1-3H3/t11-,12-,13?/m0/s1. The van der Waals surface area contributed by atoms with Crippen molar-refractivity contribution in [1.29, 1.82) is 0 Å². The number of carbonyl (C=O) groups is 1. The molecule has 2 heterocycles. The Morgan fingerprint density at radius 3 is 2.50 bits per heavy atom. The molecule has 0 aromatic rings. The number of hydrogen-bond acceptors (Lipinski definition) is 3. The van der Waals surface area contributed by atoms with Gasteiger partial charge in [0.15, 0.2) is 0 Å². The fourth-order valence-electron chi connectivity index (χ4n) is 4.55. The van der Waals surface area contributed by atoms with E-state index in [2.05, 4.69) is 0 Å². The third-order valence-electron chi connectivity index (χ3n) is 5.37. The third kappa shape index (κ3) is 2.32. The van der Waals surface area contributed by atoms with E-state index in [1.165, 1.54) is 19.3 Å². The number of nitrogens with two attached hydrogens (primary N) is 1. The van der Waals surface area contributed by atoms with Crippen molar-refractivity contribution < 1.29 is 9.53 Å². The molecule has 2 N–H and O–H groups in total. The van der Waals surface area contributed by atoms with Gasteiger partial charge in [-0.3, -0.25) is 0 Å². The Hall–Kier alpha value is -0.770. The summed E-state index contributed by atoms with van der Waals surface area (Å²) in [6, 6.07) is 0.331. The zero-order valence-corrected chi connectivity index (χ0v) is 13.0. The summed E-state index contributed by atoms with van der Waals surface area (Å²) in [5.41, 5.74) is 6.26. The molecule has 1 amide bonds. The smallest absolute Gasteiger partial charge is 0.410 e. The minimum absolute atomic E-state index is 0.0252. The minimum Gasteiger partial charge on any atom is -0.444 e. The van der Waals surface area contributed by atoms with Crippen molar-refractivity contribution in [2.24, 2.45) is 17.6 Å². The molecule has 3 atom stereocenters. The van der Waals surface area contributed by atoms with Crippen molar-refractivity contribution in [2.45, 2.75) is 76.5 Å². The van der Waals surface area contributed by atoms with Gasteiger partial charge in [0.2, 0.25) is 0 Å². The number of fused-ring (bicyclic) bond motifs is 1. The van der Waals surface area contributed by atoms with Crippen LogP contribution < -0.4 is 5.73 Å². The lowest BCUT2D eigenvalue weighted by Gasteiger charge is -2.50. The molecule has 4 heteroatoms. The molecule has 1 unspecified atom stereocenters. The van der Waals surface area contributed by atoms with Crippen molar-refractivity contribution in [3.63, 3.8) is 0 Å². The van der Waals surface area contributed by atoms with Crippen LogP contribution in [0.5, 0.6) is 0 Å². The Morgan fingerprint density at radius 1 is 1.25 bits per heavy atom. The number of hydrogen-bond donors (Lipinski definition) is 1. The van der Waals surface area contributed by atoms with Gasteiger partial charge in [-0.25, -0.2) is 4.79 Å². The molecule has 2 aliphatic heterocycles. The molecule has 4 fully saturated rings. The third-order valence-corrected chi connectivity index (χ3v) is 5.37. The number of rotatable bonds is 1. The molecule has 0 spiro atoms. The van der Waals surface area contributed by atoms with Crippen LogP contribution in [0.1, 0.15) is 59.3 Å².